The molecular formula is C10H8F2N4. The number of rotatable bonds is 3. The van der Waals surface area contributed by atoms with Crippen molar-refractivity contribution in [2.75, 3.05) is 23.7 Å². The van der Waals surface area contributed by atoms with Gasteiger partial charge in [-0.05, 0) is 12.1 Å². The topological polar surface area (TPSA) is 76.8 Å². The van der Waals surface area contributed by atoms with E-state index in [1.165, 1.54) is 0 Å². The molecule has 0 aliphatic heterocycles. The van der Waals surface area contributed by atoms with Gasteiger partial charge in [-0.15, -0.1) is 0 Å². The molecule has 16 heavy (non-hydrogen) atoms. The molecule has 1 aromatic rings. The van der Waals surface area contributed by atoms with Crippen molar-refractivity contribution < 1.29 is 8.78 Å². The fraction of sp³-hybridized carbons (Fsp3) is 0.200. The SMILES string of the molecule is N#CCN(CC#N)c1c(F)cc(N)cc1F. The Hall–Kier alpha value is -2.34. The predicted octanol–water partition coefficient (Wildman–Crippen LogP) is 1.40. The van der Waals surface area contributed by atoms with Gasteiger partial charge in [0.25, 0.3) is 0 Å². The number of hydrogen-bond donors (Lipinski definition) is 1. The summed E-state index contributed by atoms with van der Waals surface area (Å²) in [5.41, 5.74) is 4.79. The van der Waals surface area contributed by atoms with E-state index in [-0.39, 0.29) is 18.8 Å². The standard InChI is InChI=1S/C10H8F2N4/c11-8-5-7(15)6-9(12)10(8)16(3-1-13)4-2-14/h5-6H,3-4,15H2. The minimum Gasteiger partial charge on any atom is -0.399 e. The van der Waals surface area contributed by atoms with Crippen molar-refractivity contribution in [3.8, 4) is 12.1 Å². The van der Waals surface area contributed by atoms with Crippen molar-refractivity contribution in [3.63, 3.8) is 0 Å². The van der Waals surface area contributed by atoms with Crippen molar-refractivity contribution >= 4 is 11.4 Å². The molecule has 0 saturated carbocycles. The lowest BCUT2D eigenvalue weighted by atomic mass is 10.2. The van der Waals surface area contributed by atoms with Gasteiger partial charge in [0.05, 0.1) is 12.1 Å². The van der Waals surface area contributed by atoms with E-state index >= 15 is 0 Å². The Labute approximate surface area is 91.1 Å². The highest BCUT2D eigenvalue weighted by Gasteiger charge is 2.17. The van der Waals surface area contributed by atoms with Gasteiger partial charge in [-0.2, -0.15) is 10.5 Å². The van der Waals surface area contributed by atoms with Gasteiger partial charge in [0, 0.05) is 5.69 Å². The van der Waals surface area contributed by atoms with Gasteiger partial charge in [-0.3, -0.25) is 0 Å². The Morgan fingerprint density at radius 1 is 1.12 bits per heavy atom. The molecule has 0 heterocycles. The van der Waals surface area contributed by atoms with Gasteiger partial charge < -0.3 is 10.6 Å². The highest BCUT2D eigenvalue weighted by molar-refractivity contribution is 5.56. The number of hydrogen-bond acceptors (Lipinski definition) is 4. The van der Waals surface area contributed by atoms with Crippen molar-refractivity contribution in [1.29, 1.82) is 10.5 Å². The molecule has 4 nitrogen and oxygen atoms in total. The van der Waals surface area contributed by atoms with Crippen LogP contribution in [0.15, 0.2) is 12.1 Å². The molecule has 1 rings (SSSR count). The van der Waals surface area contributed by atoms with Gasteiger partial charge in [0.1, 0.15) is 18.8 Å². The van der Waals surface area contributed by atoms with Crippen LogP contribution in [0.1, 0.15) is 0 Å². The zero-order valence-electron chi connectivity index (χ0n) is 8.24. The molecular weight excluding hydrogens is 214 g/mol. The van der Waals surface area contributed by atoms with Crippen LogP contribution >= 0.6 is 0 Å². The molecule has 0 atom stereocenters. The maximum Gasteiger partial charge on any atom is 0.151 e. The van der Waals surface area contributed by atoms with E-state index in [1.54, 1.807) is 12.1 Å². The molecule has 0 amide bonds. The summed E-state index contributed by atoms with van der Waals surface area (Å²) in [5, 5.41) is 17.0. The average Bonchev–Trinajstić information content (AvgIpc) is 2.16. The zero-order valence-corrected chi connectivity index (χ0v) is 8.24. The number of nitriles is 2. The van der Waals surface area contributed by atoms with Crippen LogP contribution in [0.2, 0.25) is 0 Å². The van der Waals surface area contributed by atoms with Crippen LogP contribution < -0.4 is 10.6 Å². The van der Waals surface area contributed by atoms with E-state index in [0.717, 1.165) is 17.0 Å². The molecule has 0 bridgehead atoms. The van der Waals surface area contributed by atoms with Gasteiger partial charge in [0.2, 0.25) is 0 Å². The molecule has 0 unspecified atom stereocenters. The molecule has 0 aliphatic carbocycles. The first-order valence-corrected chi connectivity index (χ1v) is 4.33. The molecule has 6 heteroatoms. The highest BCUT2D eigenvalue weighted by atomic mass is 19.1. The third-order valence-corrected chi connectivity index (χ3v) is 1.88. The summed E-state index contributed by atoms with van der Waals surface area (Å²) in [6.07, 6.45) is 0. The number of nitrogens with zero attached hydrogens (tertiary/aromatic N) is 3. The van der Waals surface area contributed by atoms with Crippen LogP contribution in [-0.2, 0) is 0 Å². The van der Waals surface area contributed by atoms with Gasteiger partial charge in [0.15, 0.2) is 11.6 Å². The summed E-state index contributed by atoms with van der Waals surface area (Å²) in [7, 11) is 0. The lowest BCUT2D eigenvalue weighted by molar-refractivity contribution is 0.579. The van der Waals surface area contributed by atoms with Crippen molar-refractivity contribution in [3.05, 3.63) is 23.8 Å². The zero-order chi connectivity index (χ0) is 12.1. The van der Waals surface area contributed by atoms with Crippen LogP contribution in [0.4, 0.5) is 20.2 Å². The Bertz CT molecular complexity index is 434. The molecule has 0 aliphatic rings. The Morgan fingerprint density at radius 2 is 1.56 bits per heavy atom. The molecule has 0 aromatic heterocycles. The largest absolute Gasteiger partial charge is 0.399 e. The summed E-state index contributed by atoms with van der Waals surface area (Å²) in [6, 6.07) is 5.35. The first kappa shape index (κ1) is 11.7. The third kappa shape index (κ3) is 2.37. The number of anilines is 2. The second-order valence-corrected chi connectivity index (χ2v) is 3.01. The minimum absolute atomic E-state index is 0.0485. The highest BCUT2D eigenvalue weighted by Crippen LogP contribution is 2.25. The first-order chi connectivity index (χ1) is 7.60. The van der Waals surface area contributed by atoms with E-state index in [9.17, 15) is 8.78 Å². The van der Waals surface area contributed by atoms with E-state index in [0.29, 0.717) is 0 Å². The molecule has 82 valence electrons. The summed E-state index contributed by atoms with van der Waals surface area (Å²) in [5.74, 6) is -1.77. The van der Waals surface area contributed by atoms with E-state index < -0.39 is 17.3 Å². The Kier molecular flexibility index (Phi) is 3.62. The molecule has 1 aromatic carbocycles. The smallest absolute Gasteiger partial charge is 0.151 e. The second kappa shape index (κ2) is 4.94. The minimum atomic E-state index is -0.886. The van der Waals surface area contributed by atoms with Crippen LogP contribution in [-0.4, -0.2) is 13.1 Å². The van der Waals surface area contributed by atoms with Crippen molar-refractivity contribution in [2.24, 2.45) is 0 Å². The predicted molar refractivity (Wildman–Crippen MR) is 54.2 cm³/mol. The first-order valence-electron chi connectivity index (χ1n) is 4.33. The molecule has 0 saturated heterocycles. The van der Waals surface area contributed by atoms with Crippen molar-refractivity contribution in [1.82, 2.24) is 0 Å². The average molecular weight is 222 g/mol. The normalized spacial score (nSPS) is 9.25. The fourth-order valence-corrected chi connectivity index (χ4v) is 1.27. The van der Waals surface area contributed by atoms with Crippen LogP contribution in [0.3, 0.4) is 0 Å². The summed E-state index contributed by atoms with van der Waals surface area (Å²) in [6.45, 7) is -0.545. The summed E-state index contributed by atoms with van der Waals surface area (Å²) < 4.78 is 26.9. The summed E-state index contributed by atoms with van der Waals surface area (Å²) in [4.78, 5) is 1.00. The number of nitrogen functional groups attached to an aromatic ring is 1. The monoisotopic (exact) mass is 222 g/mol. The fourth-order valence-electron chi connectivity index (χ4n) is 1.27. The van der Waals surface area contributed by atoms with Crippen molar-refractivity contribution in [2.45, 2.75) is 0 Å². The van der Waals surface area contributed by atoms with Gasteiger partial charge >= 0.3 is 0 Å². The van der Waals surface area contributed by atoms with E-state index in [4.69, 9.17) is 16.3 Å². The van der Waals surface area contributed by atoms with E-state index in [1.807, 2.05) is 0 Å². The molecule has 0 spiro atoms. The van der Waals surface area contributed by atoms with E-state index in [2.05, 4.69) is 0 Å². The quantitative estimate of drug-likeness (QED) is 0.619. The van der Waals surface area contributed by atoms with Crippen LogP contribution in [0, 0.1) is 34.3 Å². The third-order valence-electron chi connectivity index (χ3n) is 1.88. The number of nitrogens with two attached hydrogens (primary N) is 1. The van der Waals surface area contributed by atoms with Crippen LogP contribution in [0.25, 0.3) is 0 Å². The van der Waals surface area contributed by atoms with Gasteiger partial charge in [-0.25, -0.2) is 8.78 Å². The lowest BCUT2D eigenvalue weighted by Crippen LogP contribution is -2.26. The molecule has 0 radical (unpaired) electrons. The molecule has 0 fully saturated rings. The van der Waals surface area contributed by atoms with Gasteiger partial charge in [-0.1, -0.05) is 0 Å². The summed E-state index contributed by atoms with van der Waals surface area (Å²) >= 11 is 0. The second-order valence-electron chi connectivity index (χ2n) is 3.01. The Morgan fingerprint density at radius 3 is 1.94 bits per heavy atom. The number of halogens is 2. The maximum absolute atomic E-state index is 13.4. The number of benzene rings is 1. The Balaban J connectivity index is 3.20. The molecule has 2 N–H and O–H groups in total. The lowest BCUT2D eigenvalue weighted by Gasteiger charge is -2.19. The maximum atomic E-state index is 13.4. The van der Waals surface area contributed by atoms with Crippen LogP contribution in [0.5, 0.6) is 0 Å².